The molecule has 0 amide bonds. The molecule has 17 heteroatoms. The third-order valence-electron chi connectivity index (χ3n) is 6.93. The summed E-state index contributed by atoms with van der Waals surface area (Å²) in [6.45, 7) is 12.4. The van der Waals surface area contributed by atoms with E-state index >= 15 is 0 Å². The molecule has 0 spiro atoms. The molecule has 1 aliphatic rings. The van der Waals surface area contributed by atoms with Crippen molar-refractivity contribution in [3.63, 3.8) is 0 Å². The van der Waals surface area contributed by atoms with Crippen LogP contribution in [0.3, 0.4) is 0 Å². The van der Waals surface area contributed by atoms with Crippen molar-refractivity contribution in [3.8, 4) is 5.75 Å². The zero-order valence-corrected chi connectivity index (χ0v) is 30.7. The first-order valence-corrected chi connectivity index (χ1v) is 18.2. The minimum absolute atomic E-state index is 0.0246. The zero-order valence-electron chi connectivity index (χ0n) is 30.7. The van der Waals surface area contributed by atoms with E-state index in [1.165, 1.54) is 12.1 Å². The molecule has 1 aliphatic heterocycles. The van der Waals surface area contributed by atoms with Gasteiger partial charge in [0.05, 0.1) is 157 Å². The molecule has 0 aromatic heterocycles. The average molecular weight is 752 g/mol. The molecule has 1 aromatic carbocycles. The highest BCUT2D eigenvalue weighted by Gasteiger charge is 2.13. The second-order valence-corrected chi connectivity index (χ2v) is 11.0. The summed E-state index contributed by atoms with van der Waals surface area (Å²) in [6, 6.07) is 5.91. The summed E-state index contributed by atoms with van der Waals surface area (Å²) in [5.74, 6) is 0.555. The highest BCUT2D eigenvalue weighted by atomic mass is 16.7. The normalized spacial score (nSPS) is 14.6. The Bertz CT molecular complexity index is 909. The number of rotatable bonds is 39. The Hall–Kier alpha value is -2.10. The summed E-state index contributed by atoms with van der Waals surface area (Å²) in [5, 5.41) is 10.6. The summed E-state index contributed by atoms with van der Waals surface area (Å²) in [6.07, 6.45) is 3.17. The number of hydrogen-bond acceptors (Lipinski definition) is 16. The van der Waals surface area contributed by atoms with Gasteiger partial charge in [-0.2, -0.15) is 0 Å². The van der Waals surface area contributed by atoms with Crippen LogP contribution in [0.4, 0.5) is 5.69 Å². The van der Waals surface area contributed by atoms with Gasteiger partial charge in [0.2, 0.25) is 0 Å². The number of benzene rings is 1. The third-order valence-corrected chi connectivity index (χ3v) is 6.93. The van der Waals surface area contributed by atoms with Crippen molar-refractivity contribution in [1.82, 2.24) is 0 Å². The molecular formula is C35H61NO16. The largest absolute Gasteiger partial charge is 0.491 e. The number of non-ortho nitro benzene ring substituents is 1. The molecule has 0 N–H and O–H groups in total. The molecule has 1 heterocycles. The molecule has 0 bridgehead atoms. The van der Waals surface area contributed by atoms with Crippen molar-refractivity contribution in [3.05, 3.63) is 34.4 Å². The lowest BCUT2D eigenvalue weighted by atomic mass is 10.2. The minimum Gasteiger partial charge on any atom is -0.491 e. The standard InChI is InChI=1S/C35H61NO16/c37-36(38)33-4-6-34(7-5-33)50-31-29-48-27-25-46-23-21-44-19-17-42-15-13-40-11-9-39-10-12-41-14-16-43-18-20-45-22-24-47-26-28-49-30-32-52-35-3-1-2-8-51-35/h4-7,35H,1-3,8-32H2. The molecule has 0 radical (unpaired) electrons. The van der Waals surface area contributed by atoms with E-state index in [-0.39, 0.29) is 12.0 Å². The quantitative estimate of drug-likeness (QED) is 0.0546. The fraction of sp³-hybridized carbons (Fsp3) is 0.829. The van der Waals surface area contributed by atoms with Gasteiger partial charge in [0.1, 0.15) is 12.4 Å². The van der Waals surface area contributed by atoms with Gasteiger partial charge in [-0.05, 0) is 31.4 Å². The Morgan fingerprint density at radius 3 is 1.12 bits per heavy atom. The highest BCUT2D eigenvalue weighted by Crippen LogP contribution is 2.17. The molecule has 1 saturated heterocycles. The van der Waals surface area contributed by atoms with Crippen LogP contribution in [-0.2, 0) is 61.6 Å². The van der Waals surface area contributed by atoms with Crippen LogP contribution in [-0.4, -0.2) is 176 Å². The van der Waals surface area contributed by atoms with Gasteiger partial charge in [0.15, 0.2) is 6.29 Å². The highest BCUT2D eigenvalue weighted by molar-refractivity contribution is 5.35. The van der Waals surface area contributed by atoms with E-state index in [4.69, 9.17) is 66.3 Å². The Kier molecular flexibility index (Phi) is 31.8. The van der Waals surface area contributed by atoms with Gasteiger partial charge >= 0.3 is 0 Å². The molecule has 52 heavy (non-hydrogen) atoms. The molecule has 1 atom stereocenters. The first-order chi connectivity index (χ1) is 25.8. The SMILES string of the molecule is O=[N+]([O-])c1ccc(OCCOCCOCCOCCOCCOCCOCCOCCOCCOCCOCCOCCOC2CCCCO2)cc1. The number of ether oxygens (including phenoxy) is 14. The van der Waals surface area contributed by atoms with Crippen molar-refractivity contribution in [2.24, 2.45) is 0 Å². The molecule has 302 valence electrons. The monoisotopic (exact) mass is 751 g/mol. The smallest absolute Gasteiger partial charge is 0.269 e. The molecule has 1 unspecified atom stereocenters. The van der Waals surface area contributed by atoms with E-state index in [0.29, 0.717) is 164 Å². The zero-order chi connectivity index (χ0) is 36.8. The Morgan fingerprint density at radius 1 is 0.481 bits per heavy atom. The first-order valence-electron chi connectivity index (χ1n) is 18.2. The van der Waals surface area contributed by atoms with Gasteiger partial charge in [-0.1, -0.05) is 0 Å². The van der Waals surface area contributed by atoms with Gasteiger partial charge < -0.3 is 66.3 Å². The fourth-order valence-corrected chi connectivity index (χ4v) is 4.26. The number of nitrogens with zero attached hydrogens (tertiary/aromatic N) is 1. The van der Waals surface area contributed by atoms with Crippen LogP contribution >= 0.6 is 0 Å². The van der Waals surface area contributed by atoms with Gasteiger partial charge in [-0.3, -0.25) is 10.1 Å². The van der Waals surface area contributed by atoms with Crippen LogP contribution in [0.25, 0.3) is 0 Å². The van der Waals surface area contributed by atoms with Crippen molar-refractivity contribution >= 4 is 5.69 Å². The minimum atomic E-state index is -0.452. The molecule has 1 aromatic rings. The molecule has 0 saturated carbocycles. The summed E-state index contributed by atoms with van der Waals surface area (Å²) in [4.78, 5) is 10.2. The maximum absolute atomic E-state index is 10.6. The second kappa shape index (κ2) is 35.9. The van der Waals surface area contributed by atoms with Crippen molar-refractivity contribution in [2.45, 2.75) is 25.6 Å². The number of nitro groups is 1. The lowest BCUT2D eigenvalue weighted by Crippen LogP contribution is -2.24. The van der Waals surface area contributed by atoms with Crippen LogP contribution in [0.15, 0.2) is 24.3 Å². The van der Waals surface area contributed by atoms with Crippen LogP contribution in [0.2, 0.25) is 0 Å². The third kappa shape index (κ3) is 29.4. The molecular weight excluding hydrogens is 690 g/mol. The first kappa shape index (κ1) is 46.1. The van der Waals surface area contributed by atoms with E-state index in [0.717, 1.165) is 25.9 Å². The van der Waals surface area contributed by atoms with Gasteiger partial charge in [0, 0.05) is 18.7 Å². The van der Waals surface area contributed by atoms with Gasteiger partial charge in [-0.25, -0.2) is 0 Å². The molecule has 1 fully saturated rings. The fourth-order valence-electron chi connectivity index (χ4n) is 4.26. The van der Waals surface area contributed by atoms with Crippen LogP contribution < -0.4 is 4.74 Å². The predicted molar refractivity (Wildman–Crippen MR) is 187 cm³/mol. The Labute approximate surface area is 307 Å². The molecule has 2 rings (SSSR count). The number of nitro benzene ring substituents is 1. The van der Waals surface area contributed by atoms with Crippen LogP contribution in [0.1, 0.15) is 19.3 Å². The van der Waals surface area contributed by atoms with Crippen molar-refractivity contribution < 1.29 is 71.2 Å². The maximum atomic E-state index is 10.6. The molecule has 0 aliphatic carbocycles. The Morgan fingerprint density at radius 2 is 0.808 bits per heavy atom. The van der Waals surface area contributed by atoms with Gasteiger partial charge in [0.25, 0.3) is 5.69 Å². The summed E-state index contributed by atoms with van der Waals surface area (Å²) in [7, 11) is 0. The van der Waals surface area contributed by atoms with Gasteiger partial charge in [-0.15, -0.1) is 0 Å². The van der Waals surface area contributed by atoms with Crippen LogP contribution in [0, 0.1) is 10.1 Å². The van der Waals surface area contributed by atoms with Crippen molar-refractivity contribution in [2.75, 3.05) is 165 Å². The van der Waals surface area contributed by atoms with E-state index in [1.807, 2.05) is 0 Å². The van der Waals surface area contributed by atoms with Crippen LogP contribution in [0.5, 0.6) is 5.75 Å². The lowest BCUT2D eigenvalue weighted by Gasteiger charge is -2.22. The number of hydrogen-bond donors (Lipinski definition) is 0. The summed E-state index contributed by atoms with van der Waals surface area (Å²) >= 11 is 0. The maximum Gasteiger partial charge on any atom is 0.269 e. The lowest BCUT2D eigenvalue weighted by molar-refractivity contribution is -0.384. The van der Waals surface area contributed by atoms with E-state index in [1.54, 1.807) is 12.1 Å². The summed E-state index contributed by atoms with van der Waals surface area (Å²) < 4.78 is 76.8. The Balaban J connectivity index is 1.13. The second-order valence-electron chi connectivity index (χ2n) is 11.0. The van der Waals surface area contributed by atoms with Crippen molar-refractivity contribution in [1.29, 1.82) is 0 Å². The predicted octanol–water partition coefficient (Wildman–Crippen LogP) is 2.70. The summed E-state index contributed by atoms with van der Waals surface area (Å²) in [5.41, 5.74) is 0.0246. The molecule has 17 nitrogen and oxygen atoms in total. The average Bonchev–Trinajstić information content (AvgIpc) is 3.16. The van der Waals surface area contributed by atoms with E-state index < -0.39 is 4.92 Å². The van der Waals surface area contributed by atoms with E-state index in [9.17, 15) is 10.1 Å². The van der Waals surface area contributed by atoms with E-state index in [2.05, 4.69) is 0 Å². The topological polar surface area (TPSA) is 172 Å².